The van der Waals surface area contributed by atoms with Crippen molar-refractivity contribution in [2.24, 2.45) is 5.73 Å². The molecule has 0 aromatic heterocycles. The van der Waals surface area contributed by atoms with E-state index in [4.69, 9.17) is 10.5 Å². The highest BCUT2D eigenvalue weighted by molar-refractivity contribution is 5.41. The predicted molar refractivity (Wildman–Crippen MR) is 67.7 cm³/mol. The van der Waals surface area contributed by atoms with Crippen molar-refractivity contribution in [2.75, 3.05) is 14.2 Å². The summed E-state index contributed by atoms with van der Waals surface area (Å²) in [5, 5.41) is 3.03. The minimum absolute atomic E-state index is 0.120. The van der Waals surface area contributed by atoms with Crippen LogP contribution in [-0.2, 0) is 5.41 Å². The first-order chi connectivity index (χ1) is 7.40. The quantitative estimate of drug-likeness (QED) is 0.771. The topological polar surface area (TPSA) is 47.3 Å². The molecule has 0 aliphatic carbocycles. The SMILES string of the molecule is CNC(N)c1cc(C(C)(C)C)ccc1OC. The molecule has 0 bridgehead atoms. The van der Waals surface area contributed by atoms with Crippen LogP contribution in [0.3, 0.4) is 0 Å². The average molecular weight is 222 g/mol. The Morgan fingerprint density at radius 1 is 1.31 bits per heavy atom. The first-order valence-corrected chi connectivity index (χ1v) is 5.51. The fourth-order valence-electron chi connectivity index (χ4n) is 1.60. The lowest BCUT2D eigenvalue weighted by atomic mass is 9.86. The van der Waals surface area contributed by atoms with Crippen molar-refractivity contribution in [1.29, 1.82) is 0 Å². The van der Waals surface area contributed by atoms with Gasteiger partial charge in [0.2, 0.25) is 0 Å². The van der Waals surface area contributed by atoms with Gasteiger partial charge in [0.15, 0.2) is 0 Å². The maximum absolute atomic E-state index is 5.99. The second-order valence-electron chi connectivity index (χ2n) is 4.97. The van der Waals surface area contributed by atoms with Crippen LogP contribution in [0.2, 0.25) is 0 Å². The summed E-state index contributed by atoms with van der Waals surface area (Å²) in [6, 6.07) is 6.18. The molecule has 1 unspecified atom stereocenters. The summed E-state index contributed by atoms with van der Waals surface area (Å²) >= 11 is 0. The first-order valence-electron chi connectivity index (χ1n) is 5.51. The van der Waals surface area contributed by atoms with Gasteiger partial charge < -0.3 is 15.8 Å². The average Bonchev–Trinajstić information content (AvgIpc) is 2.25. The third-order valence-corrected chi connectivity index (χ3v) is 2.74. The van der Waals surface area contributed by atoms with Crippen LogP contribution < -0.4 is 15.8 Å². The monoisotopic (exact) mass is 222 g/mol. The Morgan fingerprint density at radius 3 is 2.38 bits per heavy atom. The number of hydrogen-bond donors (Lipinski definition) is 2. The van der Waals surface area contributed by atoms with Gasteiger partial charge in [-0.05, 0) is 30.2 Å². The van der Waals surface area contributed by atoms with Crippen molar-refractivity contribution in [3.63, 3.8) is 0 Å². The van der Waals surface area contributed by atoms with Crippen molar-refractivity contribution in [3.8, 4) is 5.75 Å². The molecule has 90 valence electrons. The highest BCUT2D eigenvalue weighted by atomic mass is 16.5. The molecule has 0 radical (unpaired) electrons. The van der Waals surface area contributed by atoms with Crippen molar-refractivity contribution in [3.05, 3.63) is 29.3 Å². The molecule has 0 heterocycles. The smallest absolute Gasteiger partial charge is 0.124 e. The number of rotatable bonds is 3. The van der Waals surface area contributed by atoms with Crippen molar-refractivity contribution < 1.29 is 4.74 Å². The van der Waals surface area contributed by atoms with Crippen LogP contribution in [0.15, 0.2) is 18.2 Å². The largest absolute Gasteiger partial charge is 0.496 e. The Kier molecular flexibility index (Phi) is 3.94. The van der Waals surface area contributed by atoms with Crippen molar-refractivity contribution in [1.82, 2.24) is 5.32 Å². The number of methoxy groups -OCH3 is 1. The third kappa shape index (κ3) is 2.74. The second kappa shape index (κ2) is 4.85. The number of benzene rings is 1. The van der Waals surface area contributed by atoms with Crippen LogP contribution in [-0.4, -0.2) is 14.2 Å². The van der Waals surface area contributed by atoms with E-state index in [1.54, 1.807) is 7.11 Å². The molecule has 16 heavy (non-hydrogen) atoms. The van der Waals surface area contributed by atoms with Crippen LogP contribution in [0.1, 0.15) is 38.1 Å². The summed E-state index contributed by atoms with van der Waals surface area (Å²) in [6.45, 7) is 6.55. The molecule has 0 spiro atoms. The lowest BCUT2D eigenvalue weighted by molar-refractivity contribution is 0.401. The van der Waals surface area contributed by atoms with E-state index in [1.165, 1.54) is 5.56 Å². The van der Waals surface area contributed by atoms with Gasteiger partial charge in [0.1, 0.15) is 5.75 Å². The van der Waals surface area contributed by atoms with Crippen LogP contribution in [0.4, 0.5) is 0 Å². The van der Waals surface area contributed by atoms with Gasteiger partial charge in [-0.15, -0.1) is 0 Å². The van der Waals surface area contributed by atoms with Gasteiger partial charge in [-0.2, -0.15) is 0 Å². The molecule has 3 N–H and O–H groups in total. The summed E-state index contributed by atoms with van der Waals surface area (Å²) in [7, 11) is 3.51. The zero-order valence-corrected chi connectivity index (χ0v) is 10.8. The Labute approximate surface area is 98.0 Å². The normalized spacial score (nSPS) is 13.6. The molecule has 0 amide bonds. The van der Waals surface area contributed by atoms with E-state index in [0.717, 1.165) is 11.3 Å². The molecule has 0 saturated carbocycles. The zero-order chi connectivity index (χ0) is 12.3. The van der Waals surface area contributed by atoms with Crippen LogP contribution in [0, 0.1) is 0 Å². The number of nitrogens with two attached hydrogens (primary N) is 1. The first kappa shape index (κ1) is 13.0. The van der Waals surface area contributed by atoms with E-state index < -0.39 is 0 Å². The fourth-order valence-corrected chi connectivity index (χ4v) is 1.60. The molecule has 1 aromatic carbocycles. The van der Waals surface area contributed by atoms with E-state index in [-0.39, 0.29) is 11.6 Å². The molecule has 1 aromatic rings. The zero-order valence-electron chi connectivity index (χ0n) is 10.8. The Bertz CT molecular complexity index is 355. The van der Waals surface area contributed by atoms with E-state index in [9.17, 15) is 0 Å². The molecule has 0 saturated heterocycles. The third-order valence-electron chi connectivity index (χ3n) is 2.74. The van der Waals surface area contributed by atoms with E-state index in [1.807, 2.05) is 13.1 Å². The van der Waals surface area contributed by atoms with Crippen LogP contribution >= 0.6 is 0 Å². The van der Waals surface area contributed by atoms with E-state index in [0.29, 0.717) is 0 Å². The van der Waals surface area contributed by atoms with Gasteiger partial charge in [0.05, 0.1) is 13.3 Å². The van der Waals surface area contributed by atoms with Gasteiger partial charge in [-0.25, -0.2) is 0 Å². The van der Waals surface area contributed by atoms with Crippen molar-refractivity contribution in [2.45, 2.75) is 32.4 Å². The van der Waals surface area contributed by atoms with Crippen LogP contribution in [0.5, 0.6) is 5.75 Å². The Morgan fingerprint density at radius 2 is 1.94 bits per heavy atom. The fraction of sp³-hybridized carbons (Fsp3) is 0.538. The van der Waals surface area contributed by atoms with Crippen LogP contribution in [0.25, 0.3) is 0 Å². The summed E-state index contributed by atoms with van der Waals surface area (Å²) < 4.78 is 5.32. The standard InChI is InChI=1S/C13H22N2O/c1-13(2,3)9-6-7-11(16-5)10(8-9)12(14)15-4/h6-8,12,15H,14H2,1-5H3. The molecular formula is C13H22N2O. The summed E-state index contributed by atoms with van der Waals surface area (Å²) in [6.07, 6.45) is -0.197. The summed E-state index contributed by atoms with van der Waals surface area (Å²) in [4.78, 5) is 0. The predicted octanol–water partition coefficient (Wildman–Crippen LogP) is 2.17. The van der Waals surface area contributed by atoms with Gasteiger partial charge in [-0.3, -0.25) is 0 Å². The molecule has 3 nitrogen and oxygen atoms in total. The summed E-state index contributed by atoms with van der Waals surface area (Å²) in [5.41, 5.74) is 8.37. The summed E-state index contributed by atoms with van der Waals surface area (Å²) in [5.74, 6) is 0.829. The highest BCUT2D eigenvalue weighted by Gasteiger charge is 2.17. The second-order valence-corrected chi connectivity index (χ2v) is 4.97. The maximum Gasteiger partial charge on any atom is 0.124 e. The molecular weight excluding hydrogens is 200 g/mol. The highest BCUT2D eigenvalue weighted by Crippen LogP contribution is 2.29. The molecule has 0 aliphatic rings. The minimum Gasteiger partial charge on any atom is -0.496 e. The van der Waals surface area contributed by atoms with Gasteiger partial charge in [0, 0.05) is 5.56 Å². The Balaban J connectivity index is 3.21. The van der Waals surface area contributed by atoms with Crippen molar-refractivity contribution >= 4 is 0 Å². The van der Waals surface area contributed by atoms with Gasteiger partial charge in [-0.1, -0.05) is 26.8 Å². The van der Waals surface area contributed by atoms with E-state index in [2.05, 4.69) is 38.2 Å². The maximum atomic E-state index is 5.99. The van der Waals surface area contributed by atoms with Gasteiger partial charge >= 0.3 is 0 Å². The van der Waals surface area contributed by atoms with E-state index >= 15 is 0 Å². The van der Waals surface area contributed by atoms with Gasteiger partial charge in [0.25, 0.3) is 0 Å². The molecule has 0 aliphatic heterocycles. The Hall–Kier alpha value is -1.06. The molecule has 1 atom stereocenters. The minimum atomic E-state index is -0.197. The molecule has 0 fully saturated rings. The molecule has 1 rings (SSSR count). The lowest BCUT2D eigenvalue weighted by Crippen LogP contribution is -2.26. The number of hydrogen-bond acceptors (Lipinski definition) is 3. The number of nitrogens with one attached hydrogen (secondary N) is 1. The molecule has 3 heteroatoms. The number of ether oxygens (including phenoxy) is 1. The lowest BCUT2D eigenvalue weighted by Gasteiger charge is -2.23.